The Balaban J connectivity index is 1.38. The van der Waals surface area contributed by atoms with Gasteiger partial charge in [0.25, 0.3) is 11.8 Å². The molecule has 1 aromatic heterocycles. The van der Waals surface area contributed by atoms with Crippen LogP contribution in [0.25, 0.3) is 0 Å². The fraction of sp³-hybridized carbons (Fsp3) is 0.138. The first-order chi connectivity index (χ1) is 17.3. The first-order valence-electron chi connectivity index (χ1n) is 11.4. The third-order valence-electron chi connectivity index (χ3n) is 5.68. The third kappa shape index (κ3) is 5.93. The number of pyridine rings is 1. The van der Waals surface area contributed by atoms with E-state index in [1.165, 1.54) is 18.2 Å². The molecule has 0 radical (unpaired) electrons. The summed E-state index contributed by atoms with van der Waals surface area (Å²) in [6, 6.07) is 20.3. The van der Waals surface area contributed by atoms with Gasteiger partial charge in [0.05, 0.1) is 5.56 Å². The van der Waals surface area contributed by atoms with Crippen LogP contribution in [-0.4, -0.2) is 16.8 Å². The van der Waals surface area contributed by atoms with Crippen LogP contribution in [0.15, 0.2) is 79.0 Å². The van der Waals surface area contributed by atoms with Crippen LogP contribution < -0.4 is 15.4 Å². The molecule has 0 saturated carbocycles. The Morgan fingerprint density at radius 2 is 1.67 bits per heavy atom. The number of halogens is 1. The minimum absolute atomic E-state index is 0.0655. The lowest BCUT2D eigenvalue weighted by Crippen LogP contribution is -2.23. The van der Waals surface area contributed by atoms with Crippen molar-refractivity contribution < 1.29 is 18.7 Å². The summed E-state index contributed by atoms with van der Waals surface area (Å²) in [6.45, 7) is 6.03. The van der Waals surface area contributed by atoms with E-state index in [9.17, 15) is 14.0 Å². The van der Waals surface area contributed by atoms with E-state index in [4.69, 9.17) is 4.74 Å². The van der Waals surface area contributed by atoms with Crippen LogP contribution in [0.1, 0.15) is 43.0 Å². The average Bonchev–Trinajstić information content (AvgIpc) is 2.87. The zero-order chi connectivity index (χ0) is 25.7. The average molecular weight is 484 g/mol. The van der Waals surface area contributed by atoms with Crippen LogP contribution in [0.4, 0.5) is 10.1 Å². The lowest BCUT2D eigenvalue weighted by atomic mass is 10.1. The molecular formula is C29H26FN3O3. The molecule has 0 saturated heterocycles. The van der Waals surface area contributed by atoms with E-state index < -0.39 is 11.7 Å². The molecule has 0 spiro atoms. The summed E-state index contributed by atoms with van der Waals surface area (Å²) in [6.07, 6.45) is 1.65. The number of nitrogens with zero attached hydrogens (tertiary/aromatic N) is 1. The Morgan fingerprint density at radius 3 is 2.42 bits per heavy atom. The molecular weight excluding hydrogens is 457 g/mol. The Kier molecular flexibility index (Phi) is 7.39. The van der Waals surface area contributed by atoms with Gasteiger partial charge in [-0.3, -0.25) is 9.59 Å². The molecule has 6 nitrogen and oxygen atoms in total. The monoisotopic (exact) mass is 483 g/mol. The van der Waals surface area contributed by atoms with Gasteiger partial charge in [-0.1, -0.05) is 36.4 Å². The predicted octanol–water partition coefficient (Wildman–Crippen LogP) is 6.12. The molecule has 4 rings (SSSR count). The molecule has 0 bridgehead atoms. The fourth-order valence-corrected chi connectivity index (χ4v) is 3.52. The summed E-state index contributed by atoms with van der Waals surface area (Å²) in [7, 11) is 0. The molecule has 4 aromatic rings. The molecule has 182 valence electrons. The van der Waals surface area contributed by atoms with Gasteiger partial charge in [-0.05, 0) is 73.4 Å². The van der Waals surface area contributed by atoms with Gasteiger partial charge in [-0.2, -0.15) is 0 Å². The molecule has 0 atom stereocenters. The maximum Gasteiger partial charge on any atom is 0.258 e. The van der Waals surface area contributed by atoms with Crippen molar-refractivity contribution in [1.82, 2.24) is 10.3 Å². The number of hydrogen-bond donors (Lipinski definition) is 2. The van der Waals surface area contributed by atoms with Crippen LogP contribution in [0.2, 0.25) is 0 Å². The molecule has 0 aliphatic heterocycles. The number of carbonyl (C=O) groups is 2. The summed E-state index contributed by atoms with van der Waals surface area (Å²) in [5.74, 6) is -0.288. The first-order valence-corrected chi connectivity index (χ1v) is 11.4. The topological polar surface area (TPSA) is 80.3 Å². The van der Waals surface area contributed by atoms with E-state index >= 15 is 0 Å². The Morgan fingerprint density at radius 1 is 0.889 bits per heavy atom. The van der Waals surface area contributed by atoms with Gasteiger partial charge < -0.3 is 15.4 Å². The second-order valence-electron chi connectivity index (χ2n) is 8.52. The predicted molar refractivity (Wildman–Crippen MR) is 137 cm³/mol. The van der Waals surface area contributed by atoms with Crippen molar-refractivity contribution in [3.63, 3.8) is 0 Å². The highest BCUT2D eigenvalue weighted by atomic mass is 19.1. The molecule has 0 fully saturated rings. The highest BCUT2D eigenvalue weighted by Crippen LogP contribution is 2.25. The van der Waals surface area contributed by atoms with Crippen molar-refractivity contribution in [2.45, 2.75) is 27.3 Å². The van der Waals surface area contributed by atoms with Gasteiger partial charge in [0, 0.05) is 30.1 Å². The lowest BCUT2D eigenvalue weighted by molar-refractivity contribution is 0.0949. The summed E-state index contributed by atoms with van der Waals surface area (Å²) >= 11 is 0. The zero-order valence-electron chi connectivity index (χ0n) is 20.3. The highest BCUT2D eigenvalue weighted by Gasteiger charge is 2.14. The van der Waals surface area contributed by atoms with E-state index in [2.05, 4.69) is 15.6 Å². The summed E-state index contributed by atoms with van der Waals surface area (Å²) in [5, 5.41) is 5.54. The van der Waals surface area contributed by atoms with Crippen molar-refractivity contribution in [1.29, 1.82) is 0 Å². The van der Waals surface area contributed by atoms with Crippen LogP contribution in [-0.2, 0) is 6.54 Å². The highest BCUT2D eigenvalue weighted by molar-refractivity contribution is 6.05. The third-order valence-corrected chi connectivity index (χ3v) is 5.68. The first kappa shape index (κ1) is 24.6. The van der Waals surface area contributed by atoms with Crippen LogP contribution in [0.5, 0.6) is 11.6 Å². The molecule has 0 aliphatic carbocycles. The van der Waals surface area contributed by atoms with E-state index in [1.807, 2.05) is 38.1 Å². The summed E-state index contributed by atoms with van der Waals surface area (Å²) < 4.78 is 19.8. The second-order valence-corrected chi connectivity index (χ2v) is 8.52. The second kappa shape index (κ2) is 10.8. The number of benzene rings is 3. The van der Waals surface area contributed by atoms with Gasteiger partial charge in [-0.15, -0.1) is 0 Å². The Bertz CT molecular complexity index is 1420. The van der Waals surface area contributed by atoms with E-state index in [-0.39, 0.29) is 18.0 Å². The Labute approximate surface area is 209 Å². The zero-order valence-corrected chi connectivity index (χ0v) is 20.3. The molecule has 36 heavy (non-hydrogen) atoms. The van der Waals surface area contributed by atoms with Crippen molar-refractivity contribution in [2.24, 2.45) is 0 Å². The standard InChI is InChI=1S/C29H26FN3O3/c1-18-8-9-20(3)26(14-18)36-27-13-11-21(16-31-27)17-32-28(34)22-12-10-19(2)25(15-22)33-29(35)23-6-4-5-7-24(23)30/h4-16H,17H2,1-3H3,(H,32,34)(H,33,35). The minimum atomic E-state index is -0.611. The number of hydrogen-bond acceptors (Lipinski definition) is 4. The summed E-state index contributed by atoms with van der Waals surface area (Å²) in [4.78, 5) is 29.6. The lowest BCUT2D eigenvalue weighted by Gasteiger charge is -2.12. The van der Waals surface area contributed by atoms with Crippen LogP contribution >= 0.6 is 0 Å². The van der Waals surface area contributed by atoms with Gasteiger partial charge in [0.2, 0.25) is 5.88 Å². The van der Waals surface area contributed by atoms with Crippen molar-refractivity contribution in [2.75, 3.05) is 5.32 Å². The SMILES string of the molecule is Cc1ccc(C)c(Oc2ccc(CNC(=O)c3ccc(C)c(NC(=O)c4ccccc4F)c3)cn2)c1. The number of anilines is 1. The van der Waals surface area contributed by atoms with Gasteiger partial charge in [0.15, 0.2) is 0 Å². The van der Waals surface area contributed by atoms with Crippen molar-refractivity contribution >= 4 is 17.5 Å². The van der Waals surface area contributed by atoms with Crippen LogP contribution in [0, 0.1) is 26.6 Å². The number of rotatable bonds is 7. The number of aromatic nitrogens is 1. The van der Waals surface area contributed by atoms with E-state index in [1.54, 1.807) is 43.5 Å². The minimum Gasteiger partial charge on any atom is -0.439 e. The molecule has 2 N–H and O–H groups in total. The number of ether oxygens (including phenoxy) is 1. The van der Waals surface area contributed by atoms with E-state index in [0.29, 0.717) is 17.1 Å². The molecule has 7 heteroatoms. The van der Waals surface area contributed by atoms with Gasteiger partial charge >= 0.3 is 0 Å². The van der Waals surface area contributed by atoms with E-state index in [0.717, 1.165) is 28.0 Å². The largest absolute Gasteiger partial charge is 0.439 e. The normalized spacial score (nSPS) is 10.6. The maximum atomic E-state index is 13.9. The summed E-state index contributed by atoms with van der Waals surface area (Å²) in [5.41, 5.74) is 4.40. The van der Waals surface area contributed by atoms with Crippen LogP contribution in [0.3, 0.4) is 0 Å². The van der Waals surface area contributed by atoms with Gasteiger partial charge in [0.1, 0.15) is 11.6 Å². The molecule has 0 unspecified atom stereocenters. The van der Waals surface area contributed by atoms with Crippen molar-refractivity contribution in [3.8, 4) is 11.6 Å². The Hall–Kier alpha value is -4.52. The molecule has 0 aliphatic rings. The fourth-order valence-electron chi connectivity index (χ4n) is 3.52. The number of amides is 2. The molecule has 1 heterocycles. The number of nitrogens with one attached hydrogen (secondary N) is 2. The van der Waals surface area contributed by atoms with Gasteiger partial charge in [-0.25, -0.2) is 9.37 Å². The number of carbonyl (C=O) groups excluding carboxylic acids is 2. The number of aryl methyl sites for hydroxylation is 3. The van der Waals surface area contributed by atoms with Crippen molar-refractivity contribution in [3.05, 3.63) is 118 Å². The smallest absolute Gasteiger partial charge is 0.258 e. The molecule has 3 aromatic carbocycles. The quantitative estimate of drug-likeness (QED) is 0.332. The molecule has 2 amide bonds. The maximum absolute atomic E-state index is 13.9.